The number of methoxy groups -OCH3 is 2. The molecule has 0 saturated heterocycles. The fraction of sp³-hybridized carbons (Fsp3) is 0.238. The fourth-order valence-electron chi connectivity index (χ4n) is 2.89. The lowest BCUT2D eigenvalue weighted by Gasteiger charge is -2.10. The highest BCUT2D eigenvalue weighted by Gasteiger charge is 2.09. The lowest BCUT2D eigenvalue weighted by molar-refractivity contribution is 0.0601. The molecule has 2 aromatic carbocycles. The van der Waals surface area contributed by atoms with E-state index in [1.165, 1.54) is 7.11 Å². The third-order valence-electron chi connectivity index (χ3n) is 4.39. The summed E-state index contributed by atoms with van der Waals surface area (Å²) in [6, 6.07) is 14.6. The Morgan fingerprint density at radius 3 is 2.56 bits per heavy atom. The normalized spacial score (nSPS) is 10.6. The Bertz CT molecular complexity index is 993. The first-order valence-electron chi connectivity index (χ1n) is 8.72. The predicted octanol–water partition coefficient (Wildman–Crippen LogP) is 3.30. The molecule has 3 rings (SSSR count). The minimum atomic E-state index is -0.449. The van der Waals surface area contributed by atoms with Gasteiger partial charge in [0.05, 0.1) is 19.8 Å². The molecule has 0 unspecified atom stereocenters. The molecule has 0 aliphatic heterocycles. The third kappa shape index (κ3) is 4.28. The molecule has 0 radical (unpaired) electrons. The Balaban J connectivity index is 1.66. The minimum Gasteiger partial charge on any atom is -0.497 e. The maximum absolute atomic E-state index is 12.7. The van der Waals surface area contributed by atoms with E-state index in [2.05, 4.69) is 5.32 Å². The molecular weight excluding hydrogens is 344 g/mol. The molecule has 0 aliphatic carbocycles. The number of nitrogens with zero attached hydrogens (tertiary/aromatic N) is 1. The van der Waals surface area contributed by atoms with Crippen molar-refractivity contribution in [2.45, 2.75) is 13.0 Å². The van der Waals surface area contributed by atoms with Gasteiger partial charge >= 0.3 is 5.97 Å². The molecule has 1 aromatic heterocycles. The average molecular weight is 366 g/mol. The number of fused-ring (bicyclic) bond motifs is 1. The quantitative estimate of drug-likeness (QED) is 0.513. The van der Waals surface area contributed by atoms with E-state index in [1.54, 1.807) is 36.1 Å². The summed E-state index contributed by atoms with van der Waals surface area (Å²) in [6.07, 6.45) is 2.57. The van der Waals surface area contributed by atoms with E-state index in [9.17, 15) is 9.59 Å². The van der Waals surface area contributed by atoms with Crippen LogP contribution in [0.3, 0.4) is 0 Å². The largest absolute Gasteiger partial charge is 0.497 e. The van der Waals surface area contributed by atoms with Gasteiger partial charge in [0.15, 0.2) is 0 Å². The summed E-state index contributed by atoms with van der Waals surface area (Å²) in [4.78, 5) is 24.4. The van der Waals surface area contributed by atoms with E-state index in [4.69, 9.17) is 9.47 Å². The lowest BCUT2D eigenvalue weighted by atomic mass is 10.1. The first-order valence-corrected chi connectivity index (χ1v) is 8.72. The van der Waals surface area contributed by atoms with Gasteiger partial charge in [-0.3, -0.25) is 4.79 Å². The van der Waals surface area contributed by atoms with Crippen LogP contribution in [0.1, 0.15) is 16.8 Å². The van der Waals surface area contributed by atoms with Gasteiger partial charge < -0.3 is 19.4 Å². The van der Waals surface area contributed by atoms with Gasteiger partial charge in [-0.25, -0.2) is 4.79 Å². The van der Waals surface area contributed by atoms with Gasteiger partial charge in [0.25, 0.3) is 5.56 Å². The van der Waals surface area contributed by atoms with E-state index in [0.717, 1.165) is 29.8 Å². The van der Waals surface area contributed by atoms with Crippen LogP contribution >= 0.6 is 0 Å². The van der Waals surface area contributed by atoms with E-state index in [1.807, 2.05) is 30.3 Å². The molecule has 6 nitrogen and oxygen atoms in total. The molecule has 3 aromatic rings. The maximum atomic E-state index is 12.7. The molecule has 1 N–H and O–H groups in total. The molecule has 0 amide bonds. The van der Waals surface area contributed by atoms with Crippen molar-refractivity contribution in [2.24, 2.45) is 0 Å². The van der Waals surface area contributed by atoms with Crippen molar-refractivity contribution in [1.82, 2.24) is 4.57 Å². The van der Waals surface area contributed by atoms with Crippen LogP contribution in [0.4, 0.5) is 5.69 Å². The van der Waals surface area contributed by atoms with Gasteiger partial charge in [-0.1, -0.05) is 6.07 Å². The van der Waals surface area contributed by atoms with Crippen molar-refractivity contribution in [1.29, 1.82) is 0 Å². The number of esters is 1. The monoisotopic (exact) mass is 366 g/mol. The standard InChI is InChI=1S/C21H22N2O4/c1-26-18-8-6-17(7-9-18)22-11-3-12-23-13-10-15-4-5-16(21(25)27-2)14-19(15)20(23)24/h4-10,13-14,22H,3,11-12H2,1-2H3. The van der Waals surface area contributed by atoms with Crippen molar-refractivity contribution in [3.63, 3.8) is 0 Å². The minimum absolute atomic E-state index is 0.109. The third-order valence-corrected chi connectivity index (χ3v) is 4.39. The number of aryl methyl sites for hydroxylation is 1. The zero-order valence-electron chi connectivity index (χ0n) is 15.4. The highest BCUT2D eigenvalue weighted by atomic mass is 16.5. The Hall–Kier alpha value is -3.28. The summed E-state index contributed by atoms with van der Waals surface area (Å²) in [5.41, 5.74) is 1.27. The van der Waals surface area contributed by atoms with E-state index < -0.39 is 5.97 Å². The van der Waals surface area contributed by atoms with E-state index in [-0.39, 0.29) is 5.56 Å². The van der Waals surface area contributed by atoms with Crippen molar-refractivity contribution in [3.05, 3.63) is 70.6 Å². The van der Waals surface area contributed by atoms with Crippen LogP contribution in [-0.2, 0) is 11.3 Å². The Morgan fingerprint density at radius 2 is 1.85 bits per heavy atom. The molecule has 6 heteroatoms. The summed E-state index contributed by atoms with van der Waals surface area (Å²) >= 11 is 0. The molecule has 0 spiro atoms. The van der Waals surface area contributed by atoms with Gasteiger partial charge in [0, 0.05) is 30.4 Å². The van der Waals surface area contributed by atoms with Crippen molar-refractivity contribution >= 4 is 22.4 Å². The van der Waals surface area contributed by atoms with Crippen LogP contribution in [-0.4, -0.2) is 31.3 Å². The number of carbonyl (C=O) groups excluding carboxylic acids is 1. The average Bonchev–Trinajstić information content (AvgIpc) is 2.72. The first-order chi connectivity index (χ1) is 13.1. The molecule has 0 atom stereocenters. The van der Waals surface area contributed by atoms with Crippen LogP contribution in [0, 0.1) is 0 Å². The smallest absolute Gasteiger partial charge is 0.337 e. The van der Waals surface area contributed by atoms with Crippen LogP contribution in [0.2, 0.25) is 0 Å². The second-order valence-corrected chi connectivity index (χ2v) is 6.12. The van der Waals surface area contributed by atoms with Crippen molar-refractivity contribution in [3.8, 4) is 5.75 Å². The second kappa shape index (κ2) is 8.40. The molecule has 0 saturated carbocycles. The summed E-state index contributed by atoms with van der Waals surface area (Å²) in [6.45, 7) is 1.32. The fourth-order valence-corrected chi connectivity index (χ4v) is 2.89. The zero-order valence-corrected chi connectivity index (χ0v) is 15.4. The number of anilines is 1. The first kappa shape index (κ1) is 18.5. The zero-order chi connectivity index (χ0) is 19.2. The number of aromatic nitrogens is 1. The number of benzene rings is 2. The highest BCUT2D eigenvalue weighted by molar-refractivity contribution is 5.95. The summed E-state index contributed by atoms with van der Waals surface area (Å²) in [5, 5.41) is 4.65. The Morgan fingerprint density at radius 1 is 1.07 bits per heavy atom. The summed E-state index contributed by atoms with van der Waals surface area (Å²) in [7, 11) is 2.96. The van der Waals surface area contributed by atoms with Crippen LogP contribution in [0.5, 0.6) is 5.75 Å². The molecule has 0 bridgehead atoms. The van der Waals surface area contributed by atoms with Gasteiger partial charge in [-0.15, -0.1) is 0 Å². The molecule has 140 valence electrons. The topological polar surface area (TPSA) is 69.6 Å². The number of nitrogens with one attached hydrogen (secondary N) is 1. The summed E-state index contributed by atoms with van der Waals surface area (Å²) in [5.74, 6) is 0.366. The van der Waals surface area contributed by atoms with Gasteiger partial charge in [-0.05, 0) is 54.3 Å². The number of ether oxygens (including phenoxy) is 2. The van der Waals surface area contributed by atoms with Crippen LogP contribution < -0.4 is 15.6 Å². The second-order valence-electron chi connectivity index (χ2n) is 6.12. The lowest BCUT2D eigenvalue weighted by Crippen LogP contribution is -2.21. The molecule has 0 fully saturated rings. The molecule has 27 heavy (non-hydrogen) atoms. The van der Waals surface area contributed by atoms with Crippen LogP contribution in [0.25, 0.3) is 10.8 Å². The number of carbonyl (C=O) groups is 1. The summed E-state index contributed by atoms with van der Waals surface area (Å²) < 4.78 is 11.5. The predicted molar refractivity (Wildman–Crippen MR) is 106 cm³/mol. The van der Waals surface area contributed by atoms with E-state index >= 15 is 0 Å². The number of pyridine rings is 1. The highest BCUT2D eigenvalue weighted by Crippen LogP contribution is 2.15. The van der Waals surface area contributed by atoms with Crippen molar-refractivity contribution < 1.29 is 14.3 Å². The molecule has 1 heterocycles. The van der Waals surface area contributed by atoms with Crippen molar-refractivity contribution in [2.75, 3.05) is 26.1 Å². The molecular formula is C21H22N2O4. The van der Waals surface area contributed by atoms with Gasteiger partial charge in [0.2, 0.25) is 0 Å². The number of hydrogen-bond donors (Lipinski definition) is 1. The SMILES string of the molecule is COC(=O)c1ccc2ccn(CCCNc3ccc(OC)cc3)c(=O)c2c1. The van der Waals surface area contributed by atoms with Gasteiger partial charge in [-0.2, -0.15) is 0 Å². The number of hydrogen-bond acceptors (Lipinski definition) is 5. The number of rotatable bonds is 7. The molecule has 0 aliphatic rings. The van der Waals surface area contributed by atoms with Gasteiger partial charge in [0.1, 0.15) is 5.75 Å². The van der Waals surface area contributed by atoms with Crippen LogP contribution in [0.15, 0.2) is 59.5 Å². The Kier molecular flexibility index (Phi) is 5.76. The van der Waals surface area contributed by atoms with E-state index in [0.29, 0.717) is 17.5 Å². The maximum Gasteiger partial charge on any atom is 0.337 e. The Labute approximate surface area is 157 Å².